The van der Waals surface area contributed by atoms with Gasteiger partial charge in [-0.2, -0.15) is 0 Å². The normalized spacial score (nSPS) is 15.6. The molecule has 0 amide bonds. The molecule has 0 aliphatic heterocycles. The number of nitrogens with one attached hydrogen (secondary N) is 2. The Hall–Kier alpha value is -2.36. The van der Waals surface area contributed by atoms with Crippen LogP contribution in [0.15, 0.2) is 36.7 Å². The third-order valence-corrected chi connectivity index (χ3v) is 5.13. The maximum absolute atomic E-state index is 4.68. The van der Waals surface area contributed by atoms with Crippen LogP contribution in [0.5, 0.6) is 0 Å². The van der Waals surface area contributed by atoms with E-state index < -0.39 is 0 Å². The van der Waals surface area contributed by atoms with E-state index in [-0.39, 0.29) is 0 Å². The fourth-order valence-electron chi connectivity index (χ4n) is 3.86. The van der Waals surface area contributed by atoms with Gasteiger partial charge in [0.1, 0.15) is 5.65 Å². The molecule has 0 unspecified atom stereocenters. The first-order valence-corrected chi connectivity index (χ1v) is 9.53. The van der Waals surface area contributed by atoms with Crippen molar-refractivity contribution in [2.75, 3.05) is 5.32 Å². The Balaban J connectivity index is 1.80. The average molecular weight is 334 g/mol. The van der Waals surface area contributed by atoms with Gasteiger partial charge < -0.3 is 10.3 Å². The van der Waals surface area contributed by atoms with Gasteiger partial charge in [-0.3, -0.25) is 4.98 Å². The number of aryl methyl sites for hydroxylation is 1. The van der Waals surface area contributed by atoms with Crippen LogP contribution < -0.4 is 5.32 Å². The monoisotopic (exact) mass is 334 g/mol. The van der Waals surface area contributed by atoms with Crippen molar-refractivity contribution in [1.29, 1.82) is 0 Å². The van der Waals surface area contributed by atoms with Gasteiger partial charge in [0.2, 0.25) is 0 Å². The predicted octanol–water partition coefficient (Wildman–Crippen LogP) is 5.32. The van der Waals surface area contributed by atoms with Crippen LogP contribution in [0.3, 0.4) is 0 Å². The van der Waals surface area contributed by atoms with Gasteiger partial charge in [-0.05, 0) is 37.5 Å². The van der Waals surface area contributed by atoms with Gasteiger partial charge in [-0.25, -0.2) is 4.98 Å². The number of H-pyrrole nitrogens is 1. The van der Waals surface area contributed by atoms with Gasteiger partial charge >= 0.3 is 0 Å². The fraction of sp³-hybridized carbons (Fsp3) is 0.429. The van der Waals surface area contributed by atoms with Crippen LogP contribution in [-0.2, 0) is 6.42 Å². The van der Waals surface area contributed by atoms with Crippen molar-refractivity contribution in [2.45, 2.75) is 57.9 Å². The highest BCUT2D eigenvalue weighted by atomic mass is 15.0. The molecule has 0 aromatic carbocycles. The molecular weight excluding hydrogens is 308 g/mol. The van der Waals surface area contributed by atoms with E-state index in [9.17, 15) is 0 Å². The topological polar surface area (TPSA) is 53.6 Å². The summed E-state index contributed by atoms with van der Waals surface area (Å²) in [6.45, 7) is 2.21. The van der Waals surface area contributed by atoms with Crippen LogP contribution >= 0.6 is 0 Å². The zero-order chi connectivity index (χ0) is 17.1. The minimum Gasteiger partial charge on any atom is -0.381 e. The third-order valence-electron chi connectivity index (χ3n) is 5.13. The summed E-state index contributed by atoms with van der Waals surface area (Å²) in [6.07, 6.45) is 12.5. The van der Waals surface area contributed by atoms with Crippen LogP contribution in [0.4, 0.5) is 5.69 Å². The van der Waals surface area contributed by atoms with Gasteiger partial charge in [-0.1, -0.05) is 38.7 Å². The first kappa shape index (κ1) is 16.1. The Bertz CT molecular complexity index is 832. The number of rotatable bonds is 5. The number of hydrogen-bond acceptors (Lipinski definition) is 3. The molecule has 0 bridgehead atoms. The van der Waals surface area contributed by atoms with E-state index in [1.807, 2.05) is 24.5 Å². The lowest BCUT2D eigenvalue weighted by Crippen LogP contribution is -2.22. The molecule has 3 aromatic rings. The van der Waals surface area contributed by atoms with E-state index in [2.05, 4.69) is 39.3 Å². The van der Waals surface area contributed by atoms with Crippen molar-refractivity contribution in [3.05, 3.63) is 42.4 Å². The molecule has 1 aliphatic carbocycles. The van der Waals surface area contributed by atoms with Crippen molar-refractivity contribution in [3.63, 3.8) is 0 Å². The van der Waals surface area contributed by atoms with Crippen molar-refractivity contribution in [1.82, 2.24) is 15.0 Å². The zero-order valence-corrected chi connectivity index (χ0v) is 14.9. The molecule has 3 aromatic heterocycles. The quantitative estimate of drug-likeness (QED) is 0.664. The molecule has 4 nitrogen and oxygen atoms in total. The summed E-state index contributed by atoms with van der Waals surface area (Å²) in [5.74, 6) is 0. The maximum atomic E-state index is 4.68. The van der Waals surface area contributed by atoms with Crippen LogP contribution in [-0.4, -0.2) is 21.0 Å². The molecule has 3 heterocycles. The number of hydrogen-bond donors (Lipinski definition) is 2. The summed E-state index contributed by atoms with van der Waals surface area (Å²) < 4.78 is 0. The highest BCUT2D eigenvalue weighted by Gasteiger charge is 2.19. The molecule has 25 heavy (non-hydrogen) atoms. The number of nitrogens with zero attached hydrogens (tertiary/aromatic N) is 2. The maximum Gasteiger partial charge on any atom is 0.139 e. The van der Waals surface area contributed by atoms with Crippen molar-refractivity contribution >= 4 is 16.7 Å². The Morgan fingerprint density at radius 1 is 1.16 bits per heavy atom. The number of anilines is 1. The van der Waals surface area contributed by atoms with Crippen LogP contribution in [0.25, 0.3) is 22.3 Å². The standard InChI is InChI=1S/C21H26N4/c1-2-8-16-13-17-20(24-15-9-4-3-5-10-15)18(14-23-21(17)25-16)19-11-6-7-12-22-19/h6-7,11-15H,2-5,8-10H2,1H3,(H2,23,24,25). The third kappa shape index (κ3) is 3.39. The largest absolute Gasteiger partial charge is 0.381 e. The molecule has 1 fully saturated rings. The molecule has 1 saturated carbocycles. The second kappa shape index (κ2) is 7.26. The van der Waals surface area contributed by atoms with E-state index in [0.29, 0.717) is 6.04 Å². The van der Waals surface area contributed by atoms with Gasteiger partial charge in [-0.15, -0.1) is 0 Å². The lowest BCUT2D eigenvalue weighted by molar-refractivity contribution is 0.463. The second-order valence-electron chi connectivity index (χ2n) is 7.05. The molecule has 2 N–H and O–H groups in total. The molecule has 1 aliphatic rings. The minimum absolute atomic E-state index is 0.548. The van der Waals surface area contributed by atoms with Gasteiger partial charge in [0.15, 0.2) is 0 Å². The molecule has 4 heteroatoms. The predicted molar refractivity (Wildman–Crippen MR) is 104 cm³/mol. The molecular formula is C21H26N4. The Labute approximate surface area is 149 Å². The smallest absolute Gasteiger partial charge is 0.139 e. The van der Waals surface area contributed by atoms with Crippen molar-refractivity contribution in [2.24, 2.45) is 0 Å². The van der Waals surface area contributed by atoms with E-state index in [0.717, 1.165) is 29.7 Å². The molecule has 0 spiro atoms. The summed E-state index contributed by atoms with van der Waals surface area (Å²) in [6, 6.07) is 8.87. The second-order valence-corrected chi connectivity index (χ2v) is 7.05. The number of aromatic amines is 1. The summed E-state index contributed by atoms with van der Waals surface area (Å²) >= 11 is 0. The Morgan fingerprint density at radius 2 is 2.04 bits per heavy atom. The molecule has 0 saturated heterocycles. The summed E-state index contributed by atoms with van der Waals surface area (Å²) in [4.78, 5) is 12.7. The highest BCUT2D eigenvalue weighted by Crippen LogP contribution is 2.35. The SMILES string of the molecule is CCCc1cc2c(NC3CCCCC3)c(-c3ccccn3)cnc2[nH]1. The number of aromatic nitrogens is 3. The van der Waals surface area contributed by atoms with Crippen LogP contribution in [0.2, 0.25) is 0 Å². The highest BCUT2D eigenvalue weighted by molar-refractivity contribution is 5.98. The minimum atomic E-state index is 0.548. The summed E-state index contributed by atoms with van der Waals surface area (Å²) in [5.41, 5.74) is 5.50. The van der Waals surface area contributed by atoms with Crippen LogP contribution in [0, 0.1) is 0 Å². The fourth-order valence-corrected chi connectivity index (χ4v) is 3.86. The zero-order valence-electron chi connectivity index (χ0n) is 14.9. The van der Waals surface area contributed by atoms with Crippen molar-refractivity contribution in [3.8, 4) is 11.3 Å². The van der Waals surface area contributed by atoms with E-state index in [4.69, 9.17) is 0 Å². The van der Waals surface area contributed by atoms with Crippen molar-refractivity contribution < 1.29 is 0 Å². The molecule has 130 valence electrons. The molecule has 4 rings (SSSR count). The van der Waals surface area contributed by atoms with Gasteiger partial charge in [0.05, 0.1) is 11.4 Å². The first-order valence-electron chi connectivity index (χ1n) is 9.53. The molecule has 0 atom stereocenters. The number of fused-ring (bicyclic) bond motifs is 1. The van der Waals surface area contributed by atoms with E-state index in [1.54, 1.807) is 0 Å². The summed E-state index contributed by atoms with van der Waals surface area (Å²) in [5, 5.41) is 5.04. The molecule has 0 radical (unpaired) electrons. The van der Waals surface area contributed by atoms with Gasteiger partial charge in [0, 0.05) is 35.1 Å². The van der Waals surface area contributed by atoms with E-state index in [1.165, 1.54) is 48.9 Å². The van der Waals surface area contributed by atoms with Gasteiger partial charge in [0.25, 0.3) is 0 Å². The Kier molecular flexibility index (Phi) is 4.68. The van der Waals surface area contributed by atoms with Crippen LogP contribution in [0.1, 0.15) is 51.1 Å². The Morgan fingerprint density at radius 3 is 2.80 bits per heavy atom. The average Bonchev–Trinajstić information content (AvgIpc) is 3.07. The van der Waals surface area contributed by atoms with E-state index >= 15 is 0 Å². The lowest BCUT2D eigenvalue weighted by atomic mass is 9.94. The number of pyridine rings is 2. The summed E-state index contributed by atoms with van der Waals surface area (Å²) in [7, 11) is 0. The lowest BCUT2D eigenvalue weighted by Gasteiger charge is -2.25. The first-order chi connectivity index (χ1) is 12.3.